The number of carbonyl (C=O) groups is 1. The topological polar surface area (TPSA) is 43.6 Å². The number of hydrogen-bond acceptors (Lipinski definition) is 3. The number of ether oxygens (including phenoxy) is 1. The van der Waals surface area contributed by atoms with Crippen LogP contribution in [0.1, 0.15) is 29.9 Å². The van der Waals surface area contributed by atoms with E-state index < -0.39 is 11.9 Å². The molecule has 0 N–H and O–H groups in total. The quantitative estimate of drug-likeness (QED) is 0.809. The van der Waals surface area contributed by atoms with Crippen molar-refractivity contribution in [3.05, 3.63) is 34.2 Å². The predicted octanol–water partition coefficient (Wildman–Crippen LogP) is 3.39. The summed E-state index contributed by atoms with van der Waals surface area (Å²) < 4.78 is 33.2. The van der Waals surface area contributed by atoms with Crippen LogP contribution in [0, 0.1) is 0 Å². The monoisotopic (exact) mass is 332 g/mol. The van der Waals surface area contributed by atoms with Crippen LogP contribution in [-0.4, -0.2) is 22.0 Å². The van der Waals surface area contributed by atoms with Gasteiger partial charge in [-0.05, 0) is 28.9 Å². The van der Waals surface area contributed by atoms with E-state index in [2.05, 4.69) is 20.9 Å². The second-order valence-corrected chi connectivity index (χ2v) is 4.90. The fourth-order valence-corrected chi connectivity index (χ4v) is 2.14. The van der Waals surface area contributed by atoms with E-state index in [-0.39, 0.29) is 17.9 Å². The van der Waals surface area contributed by atoms with Crippen LogP contribution in [0.25, 0.3) is 5.65 Å². The molecule has 4 nitrogen and oxygen atoms in total. The summed E-state index contributed by atoms with van der Waals surface area (Å²) in [5, 5.41) is 0. The van der Waals surface area contributed by atoms with E-state index in [1.807, 2.05) is 0 Å². The van der Waals surface area contributed by atoms with E-state index in [9.17, 15) is 13.6 Å². The number of esters is 1. The van der Waals surface area contributed by atoms with Crippen LogP contribution in [0.5, 0.6) is 0 Å². The molecule has 19 heavy (non-hydrogen) atoms. The van der Waals surface area contributed by atoms with Crippen molar-refractivity contribution < 1.29 is 18.3 Å². The zero-order valence-electron chi connectivity index (χ0n) is 10.3. The summed E-state index contributed by atoms with van der Waals surface area (Å²) in [5.74, 6) is -3.55. The largest absolute Gasteiger partial charge is 0.461 e. The predicted molar refractivity (Wildman–Crippen MR) is 68.4 cm³/mol. The summed E-state index contributed by atoms with van der Waals surface area (Å²) in [6.07, 6.45) is 2.61. The number of halogens is 3. The van der Waals surface area contributed by atoms with E-state index in [0.29, 0.717) is 10.1 Å². The van der Waals surface area contributed by atoms with E-state index >= 15 is 0 Å². The molecule has 0 aliphatic carbocycles. The Balaban J connectivity index is 2.54. The SMILES string of the molecule is CCOC(=O)c1cn2cc(C(C)(F)F)cc(Br)c2n1. The van der Waals surface area contributed by atoms with Crippen molar-refractivity contribution in [2.75, 3.05) is 6.61 Å². The Morgan fingerprint density at radius 2 is 2.21 bits per heavy atom. The Labute approximate surface area is 116 Å². The van der Waals surface area contributed by atoms with Crippen molar-refractivity contribution in [1.29, 1.82) is 0 Å². The molecule has 2 heterocycles. The molecule has 0 saturated carbocycles. The molecule has 102 valence electrons. The number of pyridine rings is 1. The highest BCUT2D eigenvalue weighted by Crippen LogP contribution is 2.30. The molecule has 0 aliphatic heterocycles. The fraction of sp³-hybridized carbons (Fsp3) is 0.333. The molecule has 0 radical (unpaired) electrons. The first kappa shape index (κ1) is 13.9. The average molecular weight is 333 g/mol. The number of rotatable bonds is 3. The van der Waals surface area contributed by atoms with Gasteiger partial charge in [-0.3, -0.25) is 0 Å². The Kier molecular flexibility index (Phi) is 3.58. The molecule has 0 amide bonds. The van der Waals surface area contributed by atoms with Crippen LogP contribution in [0.3, 0.4) is 0 Å². The average Bonchev–Trinajstić information content (AvgIpc) is 2.72. The standard InChI is InChI=1S/C12H11BrF2N2O2/c1-3-19-11(18)9-6-17-5-7(12(2,14)15)4-8(13)10(17)16-9/h4-6H,3H2,1-2H3. The van der Waals surface area contributed by atoms with Crippen LogP contribution in [0.4, 0.5) is 8.78 Å². The molecular formula is C12H11BrF2N2O2. The minimum Gasteiger partial charge on any atom is -0.461 e. The molecule has 2 rings (SSSR count). The zero-order chi connectivity index (χ0) is 14.2. The van der Waals surface area contributed by atoms with E-state index in [1.165, 1.54) is 22.9 Å². The summed E-state index contributed by atoms with van der Waals surface area (Å²) in [4.78, 5) is 15.6. The van der Waals surface area contributed by atoms with Gasteiger partial charge in [-0.1, -0.05) is 0 Å². The first-order valence-corrected chi connectivity index (χ1v) is 6.36. The molecular weight excluding hydrogens is 322 g/mol. The van der Waals surface area contributed by atoms with E-state index in [1.54, 1.807) is 6.92 Å². The molecule has 0 saturated heterocycles. The highest BCUT2D eigenvalue weighted by atomic mass is 79.9. The third-order valence-corrected chi connectivity index (χ3v) is 3.08. The van der Waals surface area contributed by atoms with Gasteiger partial charge in [-0.15, -0.1) is 0 Å². The van der Waals surface area contributed by atoms with Gasteiger partial charge >= 0.3 is 5.97 Å². The molecule has 0 atom stereocenters. The van der Waals surface area contributed by atoms with Crippen molar-refractivity contribution in [2.45, 2.75) is 19.8 Å². The van der Waals surface area contributed by atoms with Gasteiger partial charge in [0, 0.05) is 24.9 Å². The number of aromatic nitrogens is 2. The molecule has 0 aromatic carbocycles. The number of imidazole rings is 1. The maximum Gasteiger partial charge on any atom is 0.358 e. The Hall–Kier alpha value is -1.50. The van der Waals surface area contributed by atoms with Crippen LogP contribution in [0.2, 0.25) is 0 Å². The van der Waals surface area contributed by atoms with Gasteiger partial charge in [-0.2, -0.15) is 0 Å². The minimum absolute atomic E-state index is 0.0825. The molecule has 0 aliphatic rings. The Bertz CT molecular complexity index is 634. The van der Waals surface area contributed by atoms with Crippen molar-refractivity contribution in [1.82, 2.24) is 9.38 Å². The lowest BCUT2D eigenvalue weighted by molar-refractivity contribution is 0.0170. The fourth-order valence-electron chi connectivity index (χ4n) is 1.60. The second-order valence-electron chi connectivity index (χ2n) is 4.04. The minimum atomic E-state index is -2.97. The lowest BCUT2D eigenvalue weighted by atomic mass is 10.2. The van der Waals surface area contributed by atoms with Gasteiger partial charge in [-0.25, -0.2) is 18.6 Å². The van der Waals surface area contributed by atoms with Crippen LogP contribution < -0.4 is 0 Å². The van der Waals surface area contributed by atoms with E-state index in [0.717, 1.165) is 6.92 Å². The van der Waals surface area contributed by atoms with Gasteiger partial charge < -0.3 is 9.14 Å². The first-order chi connectivity index (χ1) is 8.82. The summed E-state index contributed by atoms with van der Waals surface area (Å²) in [7, 11) is 0. The second kappa shape index (κ2) is 4.88. The van der Waals surface area contributed by atoms with Gasteiger partial charge in [0.2, 0.25) is 0 Å². The Morgan fingerprint density at radius 3 is 2.79 bits per heavy atom. The third-order valence-electron chi connectivity index (χ3n) is 2.50. The maximum absolute atomic E-state index is 13.3. The Morgan fingerprint density at radius 1 is 1.53 bits per heavy atom. The number of hydrogen-bond donors (Lipinski definition) is 0. The zero-order valence-corrected chi connectivity index (χ0v) is 11.9. The van der Waals surface area contributed by atoms with Crippen molar-refractivity contribution in [2.24, 2.45) is 0 Å². The molecule has 2 aromatic heterocycles. The summed E-state index contributed by atoms with van der Waals surface area (Å²) in [6, 6.07) is 1.29. The van der Waals surface area contributed by atoms with Crippen LogP contribution in [0.15, 0.2) is 22.9 Å². The summed E-state index contributed by atoms with van der Waals surface area (Å²) in [6.45, 7) is 2.72. The number of fused-ring (bicyclic) bond motifs is 1. The highest BCUT2D eigenvalue weighted by molar-refractivity contribution is 9.10. The van der Waals surface area contributed by atoms with Crippen LogP contribution >= 0.6 is 15.9 Å². The smallest absolute Gasteiger partial charge is 0.358 e. The van der Waals surface area contributed by atoms with Gasteiger partial charge in [0.15, 0.2) is 11.3 Å². The highest BCUT2D eigenvalue weighted by Gasteiger charge is 2.26. The normalized spacial score (nSPS) is 11.8. The molecule has 0 spiro atoms. The molecule has 0 fully saturated rings. The van der Waals surface area contributed by atoms with Gasteiger partial charge in [0.1, 0.15) is 0 Å². The molecule has 2 aromatic rings. The molecule has 0 unspecified atom stereocenters. The maximum atomic E-state index is 13.3. The molecule has 7 heteroatoms. The number of alkyl halides is 2. The van der Waals surface area contributed by atoms with Gasteiger partial charge in [0.05, 0.1) is 11.1 Å². The lowest BCUT2D eigenvalue weighted by Crippen LogP contribution is -2.08. The third kappa shape index (κ3) is 2.75. The van der Waals surface area contributed by atoms with Crippen molar-refractivity contribution in [3.8, 4) is 0 Å². The van der Waals surface area contributed by atoms with Crippen LogP contribution in [-0.2, 0) is 10.7 Å². The summed E-state index contributed by atoms with van der Waals surface area (Å²) >= 11 is 3.17. The summed E-state index contributed by atoms with van der Waals surface area (Å²) in [5.41, 5.74) is 0.301. The first-order valence-electron chi connectivity index (χ1n) is 5.56. The van der Waals surface area contributed by atoms with Gasteiger partial charge in [0.25, 0.3) is 5.92 Å². The number of nitrogens with zero attached hydrogens (tertiary/aromatic N) is 2. The molecule has 0 bridgehead atoms. The van der Waals surface area contributed by atoms with Crippen molar-refractivity contribution >= 4 is 27.5 Å². The van der Waals surface area contributed by atoms with E-state index in [4.69, 9.17) is 4.74 Å². The van der Waals surface area contributed by atoms with Crippen molar-refractivity contribution in [3.63, 3.8) is 0 Å². The lowest BCUT2D eigenvalue weighted by Gasteiger charge is -2.11. The number of carbonyl (C=O) groups excluding carboxylic acids is 1.